The van der Waals surface area contributed by atoms with Gasteiger partial charge in [0.25, 0.3) is 5.56 Å². The molecule has 0 saturated carbocycles. The Hall–Kier alpha value is -3.92. The first-order chi connectivity index (χ1) is 12.5. The molecule has 3 aromatic rings. The molecule has 1 heterocycles. The number of ether oxygens (including phenoxy) is 1. The predicted octanol–water partition coefficient (Wildman–Crippen LogP) is 3.92. The summed E-state index contributed by atoms with van der Waals surface area (Å²) in [6, 6.07) is 16.3. The van der Waals surface area contributed by atoms with Gasteiger partial charge in [0.2, 0.25) is 5.75 Å². The summed E-state index contributed by atoms with van der Waals surface area (Å²) in [5.41, 5.74) is 0.769. The standard InChI is InChI=1S/C19H13N3O4/c1-12-10-14(15(11-20)19(23)21-12)13-6-2-4-8-17(13)26-18-9-5-3-7-16(18)22(24)25/h2-10H,1H3,(H,21,23). The quantitative estimate of drug-likeness (QED) is 0.568. The first kappa shape index (κ1) is 16.9. The summed E-state index contributed by atoms with van der Waals surface area (Å²) >= 11 is 0. The van der Waals surface area contributed by atoms with E-state index in [1.165, 1.54) is 12.1 Å². The number of rotatable bonds is 4. The van der Waals surface area contributed by atoms with Crippen molar-refractivity contribution >= 4 is 5.69 Å². The molecule has 2 aromatic carbocycles. The van der Waals surface area contributed by atoms with Gasteiger partial charge in [0, 0.05) is 22.9 Å². The van der Waals surface area contributed by atoms with Crippen LogP contribution in [0.5, 0.6) is 11.5 Å². The zero-order valence-electron chi connectivity index (χ0n) is 13.7. The SMILES string of the molecule is Cc1cc(-c2ccccc2Oc2ccccc2[N+](=O)[O-])c(C#N)c(=O)[nH]1. The van der Waals surface area contributed by atoms with Crippen molar-refractivity contribution in [3.8, 4) is 28.7 Å². The topological polar surface area (TPSA) is 109 Å². The number of nitro groups is 1. The first-order valence-corrected chi connectivity index (χ1v) is 7.66. The van der Waals surface area contributed by atoms with Gasteiger partial charge in [-0.1, -0.05) is 30.3 Å². The summed E-state index contributed by atoms with van der Waals surface area (Å²) in [5.74, 6) is 0.383. The van der Waals surface area contributed by atoms with E-state index < -0.39 is 10.5 Å². The highest BCUT2D eigenvalue weighted by molar-refractivity contribution is 5.76. The Morgan fingerprint density at radius 2 is 1.73 bits per heavy atom. The van der Waals surface area contributed by atoms with Crippen LogP contribution < -0.4 is 10.3 Å². The molecule has 0 aliphatic heterocycles. The third-order valence-corrected chi connectivity index (χ3v) is 3.74. The predicted molar refractivity (Wildman–Crippen MR) is 95.1 cm³/mol. The van der Waals surface area contributed by atoms with Crippen LogP contribution in [0.1, 0.15) is 11.3 Å². The molecule has 0 aliphatic carbocycles. The minimum atomic E-state index is -0.532. The number of aromatic nitrogens is 1. The second-order valence-corrected chi connectivity index (χ2v) is 5.51. The number of benzene rings is 2. The van der Waals surface area contributed by atoms with Crippen LogP contribution in [0.25, 0.3) is 11.1 Å². The van der Waals surface area contributed by atoms with E-state index in [1.807, 2.05) is 6.07 Å². The van der Waals surface area contributed by atoms with Gasteiger partial charge < -0.3 is 9.72 Å². The van der Waals surface area contributed by atoms with E-state index in [9.17, 15) is 20.2 Å². The van der Waals surface area contributed by atoms with E-state index in [0.717, 1.165) is 0 Å². The van der Waals surface area contributed by atoms with Gasteiger partial charge in [0.05, 0.1) is 4.92 Å². The van der Waals surface area contributed by atoms with E-state index >= 15 is 0 Å². The van der Waals surface area contributed by atoms with E-state index in [2.05, 4.69) is 4.98 Å². The summed E-state index contributed by atoms with van der Waals surface area (Å²) in [6.45, 7) is 1.71. The molecule has 1 N–H and O–H groups in total. The average Bonchev–Trinajstić information content (AvgIpc) is 2.62. The normalized spacial score (nSPS) is 10.2. The van der Waals surface area contributed by atoms with Crippen molar-refractivity contribution in [2.24, 2.45) is 0 Å². The van der Waals surface area contributed by atoms with Crippen LogP contribution >= 0.6 is 0 Å². The maximum Gasteiger partial charge on any atom is 0.311 e. The van der Waals surface area contributed by atoms with Crippen molar-refractivity contribution in [1.29, 1.82) is 5.26 Å². The maximum atomic E-state index is 12.1. The van der Waals surface area contributed by atoms with Crippen LogP contribution in [-0.4, -0.2) is 9.91 Å². The molecule has 128 valence electrons. The fourth-order valence-corrected chi connectivity index (χ4v) is 2.60. The zero-order valence-corrected chi connectivity index (χ0v) is 13.7. The second kappa shape index (κ2) is 6.91. The minimum Gasteiger partial charge on any atom is -0.449 e. The minimum absolute atomic E-state index is 0.0470. The van der Waals surface area contributed by atoms with E-state index in [0.29, 0.717) is 22.6 Å². The highest BCUT2D eigenvalue weighted by Gasteiger charge is 2.18. The molecule has 0 atom stereocenters. The van der Waals surface area contributed by atoms with Crippen molar-refractivity contribution < 1.29 is 9.66 Å². The molecule has 0 bridgehead atoms. The first-order valence-electron chi connectivity index (χ1n) is 7.66. The lowest BCUT2D eigenvalue weighted by atomic mass is 10.00. The smallest absolute Gasteiger partial charge is 0.311 e. The lowest BCUT2D eigenvalue weighted by Crippen LogP contribution is -2.12. The van der Waals surface area contributed by atoms with Gasteiger partial charge in [0.15, 0.2) is 0 Å². The number of nitrogens with one attached hydrogen (secondary N) is 1. The number of hydrogen-bond donors (Lipinski definition) is 1. The highest BCUT2D eigenvalue weighted by Crippen LogP contribution is 2.37. The van der Waals surface area contributed by atoms with Crippen molar-refractivity contribution in [2.45, 2.75) is 6.92 Å². The molecule has 0 amide bonds. The van der Waals surface area contributed by atoms with Crippen molar-refractivity contribution in [2.75, 3.05) is 0 Å². The summed E-state index contributed by atoms with van der Waals surface area (Å²) in [5, 5.41) is 20.5. The summed E-state index contributed by atoms with van der Waals surface area (Å²) in [4.78, 5) is 25.3. The molecule has 0 aliphatic rings. The molecule has 1 aromatic heterocycles. The molecule has 26 heavy (non-hydrogen) atoms. The Balaban J connectivity index is 2.17. The number of para-hydroxylation sites is 3. The van der Waals surface area contributed by atoms with E-state index in [1.54, 1.807) is 49.4 Å². The van der Waals surface area contributed by atoms with Gasteiger partial charge in [-0.25, -0.2) is 0 Å². The molecular weight excluding hydrogens is 334 g/mol. The van der Waals surface area contributed by atoms with Gasteiger partial charge in [0.1, 0.15) is 17.4 Å². The summed E-state index contributed by atoms with van der Waals surface area (Å²) in [7, 11) is 0. The Morgan fingerprint density at radius 3 is 2.42 bits per heavy atom. The summed E-state index contributed by atoms with van der Waals surface area (Å²) in [6.07, 6.45) is 0. The van der Waals surface area contributed by atoms with Crippen LogP contribution in [0.15, 0.2) is 59.4 Å². The Labute approximate surface area is 148 Å². The van der Waals surface area contributed by atoms with E-state index in [4.69, 9.17) is 4.74 Å². The second-order valence-electron chi connectivity index (χ2n) is 5.51. The lowest BCUT2D eigenvalue weighted by Gasteiger charge is -2.12. The van der Waals surface area contributed by atoms with Crippen LogP contribution in [0.2, 0.25) is 0 Å². The monoisotopic (exact) mass is 347 g/mol. The van der Waals surface area contributed by atoms with Crippen molar-refractivity contribution in [3.05, 3.63) is 86.3 Å². The van der Waals surface area contributed by atoms with Gasteiger partial charge in [-0.2, -0.15) is 5.26 Å². The fraction of sp³-hybridized carbons (Fsp3) is 0.0526. The van der Waals surface area contributed by atoms with Crippen molar-refractivity contribution in [1.82, 2.24) is 4.98 Å². The highest BCUT2D eigenvalue weighted by atomic mass is 16.6. The Bertz CT molecular complexity index is 1100. The zero-order chi connectivity index (χ0) is 18.7. The Kier molecular flexibility index (Phi) is 4.50. The maximum absolute atomic E-state index is 12.1. The van der Waals surface area contributed by atoms with Crippen LogP contribution in [-0.2, 0) is 0 Å². The number of aryl methyl sites for hydroxylation is 1. The van der Waals surface area contributed by atoms with Crippen LogP contribution in [0.4, 0.5) is 5.69 Å². The third-order valence-electron chi connectivity index (χ3n) is 3.74. The third kappa shape index (κ3) is 3.16. The molecule has 0 unspecified atom stereocenters. The molecule has 3 rings (SSSR count). The molecule has 0 spiro atoms. The van der Waals surface area contributed by atoms with Crippen LogP contribution in [0, 0.1) is 28.4 Å². The average molecular weight is 347 g/mol. The van der Waals surface area contributed by atoms with Crippen molar-refractivity contribution in [3.63, 3.8) is 0 Å². The number of nitrogens with zero attached hydrogens (tertiary/aromatic N) is 2. The number of pyridine rings is 1. The van der Waals surface area contributed by atoms with Gasteiger partial charge in [-0.3, -0.25) is 14.9 Å². The molecule has 7 heteroatoms. The largest absolute Gasteiger partial charge is 0.449 e. The Morgan fingerprint density at radius 1 is 1.08 bits per heavy atom. The number of aromatic amines is 1. The van der Waals surface area contributed by atoms with Gasteiger partial charge >= 0.3 is 5.69 Å². The molecule has 0 fully saturated rings. The fourth-order valence-electron chi connectivity index (χ4n) is 2.60. The van der Waals surface area contributed by atoms with E-state index in [-0.39, 0.29) is 17.0 Å². The molecule has 0 radical (unpaired) electrons. The molecular formula is C19H13N3O4. The number of nitro benzene ring substituents is 1. The summed E-state index contributed by atoms with van der Waals surface area (Å²) < 4.78 is 5.77. The molecule has 0 saturated heterocycles. The lowest BCUT2D eigenvalue weighted by molar-refractivity contribution is -0.385. The van der Waals surface area contributed by atoms with Gasteiger partial charge in [-0.15, -0.1) is 0 Å². The number of hydrogen-bond acceptors (Lipinski definition) is 5. The molecule has 7 nitrogen and oxygen atoms in total. The van der Waals surface area contributed by atoms with Crippen LogP contribution in [0.3, 0.4) is 0 Å². The number of nitriles is 1. The number of H-pyrrole nitrogens is 1. The van der Waals surface area contributed by atoms with Gasteiger partial charge in [-0.05, 0) is 25.1 Å².